The average molecular weight is 207 g/mol. The molecule has 1 N–H and O–H groups in total. The number of fused-ring (bicyclic) bond motifs is 1. The topological polar surface area (TPSA) is 74.7 Å². The Labute approximate surface area is 104 Å². The summed E-state index contributed by atoms with van der Waals surface area (Å²) in [5.74, 6) is -2.86. The SMILES string of the molecule is O=C(O)C1CC2CCC(=O)N2C1=O.[H-].[Na+]. The Morgan fingerprint density at radius 1 is 1.50 bits per heavy atom. The fourth-order valence-corrected chi connectivity index (χ4v) is 2.02. The molecule has 2 rings (SSSR count). The Morgan fingerprint density at radius 3 is 2.64 bits per heavy atom. The Morgan fingerprint density at radius 2 is 2.14 bits per heavy atom. The van der Waals surface area contributed by atoms with E-state index in [1.807, 2.05) is 0 Å². The molecule has 14 heavy (non-hydrogen) atoms. The van der Waals surface area contributed by atoms with Crippen molar-refractivity contribution in [3.05, 3.63) is 0 Å². The number of carbonyl (C=O) groups excluding carboxylic acids is 2. The molecule has 2 saturated heterocycles. The van der Waals surface area contributed by atoms with E-state index < -0.39 is 17.8 Å². The third-order valence-electron chi connectivity index (χ3n) is 2.67. The van der Waals surface area contributed by atoms with E-state index >= 15 is 0 Å². The van der Waals surface area contributed by atoms with Gasteiger partial charge in [0.2, 0.25) is 11.8 Å². The number of hydrogen-bond acceptors (Lipinski definition) is 3. The first-order valence-electron chi connectivity index (χ1n) is 4.20. The molecule has 2 amide bonds. The fraction of sp³-hybridized carbons (Fsp3) is 0.625. The Kier molecular flexibility index (Phi) is 3.34. The van der Waals surface area contributed by atoms with Gasteiger partial charge in [0.15, 0.2) is 0 Å². The Hall–Kier alpha value is -0.390. The van der Waals surface area contributed by atoms with Gasteiger partial charge in [-0.05, 0) is 12.8 Å². The summed E-state index contributed by atoms with van der Waals surface area (Å²) in [6.07, 6.45) is 1.29. The zero-order valence-electron chi connectivity index (χ0n) is 8.90. The summed E-state index contributed by atoms with van der Waals surface area (Å²) in [6.45, 7) is 0. The minimum atomic E-state index is -1.12. The molecule has 0 aromatic heterocycles. The number of carboxylic acid groups (broad SMARTS) is 1. The minimum absolute atomic E-state index is 0. The smallest absolute Gasteiger partial charge is 1.00 e. The summed E-state index contributed by atoms with van der Waals surface area (Å²) in [7, 11) is 0. The molecule has 0 aromatic carbocycles. The van der Waals surface area contributed by atoms with Gasteiger partial charge in [-0.2, -0.15) is 0 Å². The molecular formula is C8H10NNaO4. The molecule has 2 unspecified atom stereocenters. The summed E-state index contributed by atoms with van der Waals surface area (Å²) in [4.78, 5) is 34.2. The molecule has 0 bridgehead atoms. The second-order valence-electron chi connectivity index (χ2n) is 3.42. The van der Waals surface area contributed by atoms with Crippen LogP contribution in [0.15, 0.2) is 0 Å². The Bertz CT molecular complexity index is 309. The predicted octanol–water partition coefficient (Wildman–Crippen LogP) is -3.27. The van der Waals surface area contributed by atoms with Crippen LogP contribution >= 0.6 is 0 Å². The normalized spacial score (nSPS) is 30.1. The van der Waals surface area contributed by atoms with Crippen molar-refractivity contribution in [1.29, 1.82) is 0 Å². The van der Waals surface area contributed by atoms with Gasteiger partial charge in [-0.3, -0.25) is 19.3 Å². The van der Waals surface area contributed by atoms with Crippen molar-refractivity contribution in [1.82, 2.24) is 4.90 Å². The molecule has 5 nitrogen and oxygen atoms in total. The van der Waals surface area contributed by atoms with E-state index in [0.29, 0.717) is 19.3 Å². The van der Waals surface area contributed by atoms with Crippen molar-refractivity contribution < 1.29 is 50.5 Å². The molecule has 0 aliphatic carbocycles. The van der Waals surface area contributed by atoms with Gasteiger partial charge in [0.05, 0.1) is 0 Å². The second kappa shape index (κ2) is 4.00. The van der Waals surface area contributed by atoms with Gasteiger partial charge in [-0.1, -0.05) is 0 Å². The summed E-state index contributed by atoms with van der Waals surface area (Å²) >= 11 is 0. The van der Waals surface area contributed by atoms with Crippen LogP contribution in [0.25, 0.3) is 0 Å². The van der Waals surface area contributed by atoms with Gasteiger partial charge in [0.1, 0.15) is 5.92 Å². The maximum atomic E-state index is 11.4. The van der Waals surface area contributed by atoms with Gasteiger partial charge in [0, 0.05) is 12.5 Å². The van der Waals surface area contributed by atoms with Crippen molar-refractivity contribution in [2.24, 2.45) is 5.92 Å². The monoisotopic (exact) mass is 207 g/mol. The van der Waals surface area contributed by atoms with Crippen LogP contribution in [0.5, 0.6) is 0 Å². The number of carboxylic acids is 1. The van der Waals surface area contributed by atoms with E-state index in [2.05, 4.69) is 0 Å². The van der Waals surface area contributed by atoms with Crippen LogP contribution in [0.2, 0.25) is 0 Å². The van der Waals surface area contributed by atoms with Crippen molar-refractivity contribution in [3.63, 3.8) is 0 Å². The quantitative estimate of drug-likeness (QED) is 0.278. The molecule has 2 aliphatic heterocycles. The molecular weight excluding hydrogens is 197 g/mol. The minimum Gasteiger partial charge on any atom is -1.00 e. The second-order valence-corrected chi connectivity index (χ2v) is 3.42. The van der Waals surface area contributed by atoms with Crippen LogP contribution in [0.3, 0.4) is 0 Å². The number of carbonyl (C=O) groups is 3. The van der Waals surface area contributed by atoms with Crippen molar-refractivity contribution in [3.8, 4) is 0 Å². The predicted molar refractivity (Wildman–Crippen MR) is 41.7 cm³/mol. The molecule has 2 atom stereocenters. The molecule has 72 valence electrons. The zero-order valence-corrected chi connectivity index (χ0v) is 9.90. The van der Waals surface area contributed by atoms with E-state index in [4.69, 9.17) is 5.11 Å². The first-order valence-corrected chi connectivity index (χ1v) is 4.20. The van der Waals surface area contributed by atoms with Crippen molar-refractivity contribution in [2.45, 2.75) is 25.3 Å². The van der Waals surface area contributed by atoms with Gasteiger partial charge >= 0.3 is 35.5 Å². The van der Waals surface area contributed by atoms with E-state index in [9.17, 15) is 14.4 Å². The van der Waals surface area contributed by atoms with Crippen molar-refractivity contribution in [2.75, 3.05) is 0 Å². The van der Waals surface area contributed by atoms with Gasteiger partial charge in [0.25, 0.3) is 0 Å². The third-order valence-corrected chi connectivity index (χ3v) is 2.67. The first-order chi connectivity index (χ1) is 6.11. The maximum Gasteiger partial charge on any atom is 1.00 e. The summed E-state index contributed by atoms with van der Waals surface area (Å²) in [5, 5.41) is 8.67. The number of aliphatic carboxylic acids is 1. The average Bonchev–Trinajstić information content (AvgIpc) is 2.55. The molecule has 2 heterocycles. The summed E-state index contributed by atoms with van der Waals surface area (Å²) in [6, 6.07) is -0.152. The molecule has 0 spiro atoms. The fourth-order valence-electron chi connectivity index (χ4n) is 2.02. The molecule has 0 radical (unpaired) electrons. The summed E-state index contributed by atoms with van der Waals surface area (Å²) < 4.78 is 0. The standard InChI is InChI=1S/C8H9NO4.Na.H/c10-6-2-1-4-3-5(8(12)13)7(11)9(4)6;;/h4-5H,1-3H2,(H,12,13);;/q;+1;-1. The Balaban J connectivity index is 0.000000980. The maximum absolute atomic E-state index is 11.4. The molecule has 0 saturated carbocycles. The molecule has 6 heteroatoms. The molecule has 2 aliphatic rings. The van der Waals surface area contributed by atoms with Crippen LogP contribution < -0.4 is 29.6 Å². The van der Waals surface area contributed by atoms with Crippen LogP contribution in [-0.2, 0) is 14.4 Å². The number of amides is 2. The van der Waals surface area contributed by atoms with E-state index in [-0.39, 0.29) is 42.9 Å². The molecule has 0 aromatic rings. The number of imide groups is 1. The summed E-state index contributed by atoms with van der Waals surface area (Å²) in [5.41, 5.74) is 0. The van der Waals surface area contributed by atoms with Gasteiger partial charge in [-0.25, -0.2) is 0 Å². The van der Waals surface area contributed by atoms with E-state index in [0.717, 1.165) is 4.90 Å². The number of hydrogen-bond donors (Lipinski definition) is 1. The van der Waals surface area contributed by atoms with Crippen LogP contribution in [0.1, 0.15) is 20.7 Å². The van der Waals surface area contributed by atoms with Gasteiger partial charge < -0.3 is 6.53 Å². The van der Waals surface area contributed by atoms with Gasteiger partial charge in [-0.15, -0.1) is 0 Å². The number of nitrogens with zero attached hydrogens (tertiary/aromatic N) is 1. The van der Waals surface area contributed by atoms with Crippen molar-refractivity contribution >= 4 is 17.8 Å². The first kappa shape index (κ1) is 11.7. The zero-order chi connectivity index (χ0) is 9.59. The third kappa shape index (κ3) is 1.60. The number of rotatable bonds is 1. The van der Waals surface area contributed by atoms with E-state index in [1.54, 1.807) is 0 Å². The van der Waals surface area contributed by atoms with Crippen LogP contribution in [-0.4, -0.2) is 33.8 Å². The molecule has 2 fully saturated rings. The van der Waals surface area contributed by atoms with Crippen LogP contribution in [0, 0.1) is 5.92 Å². The van der Waals surface area contributed by atoms with Crippen LogP contribution in [0.4, 0.5) is 0 Å². The van der Waals surface area contributed by atoms with E-state index in [1.165, 1.54) is 0 Å². The largest absolute Gasteiger partial charge is 1.00 e.